The number of carbonyl (C=O) groups is 3. The zero-order chi connectivity index (χ0) is 30.9. The third-order valence-corrected chi connectivity index (χ3v) is 6.97. The van der Waals surface area contributed by atoms with Crippen LogP contribution < -0.4 is 30.3 Å². The smallest absolute Gasteiger partial charge is 0.337 e. The Morgan fingerprint density at radius 2 is 1.77 bits per heavy atom. The van der Waals surface area contributed by atoms with Gasteiger partial charge in [0.05, 0.1) is 32.0 Å². The summed E-state index contributed by atoms with van der Waals surface area (Å²) in [5.74, 6) is 0.0336. The standard InChI is InChI=1S/C30H28BrClN4O7/c1-17-27(29(38)41-3)28(35-30(39)34-17)19-6-10-24(25(13-19)40-2)43-16-26(37)36-33-14-20-12-21(31)7-11-23(20)42-15-18-4-8-22(32)9-5-18/h4-14,28H,15-16H2,1-3H3,(H,36,37)(H2,34,35,39)/b33-14-/t28-/m1/s1. The van der Waals surface area contributed by atoms with E-state index in [0.29, 0.717) is 40.0 Å². The fourth-order valence-corrected chi connectivity index (χ4v) is 4.65. The van der Waals surface area contributed by atoms with Crippen molar-refractivity contribution in [3.05, 3.63) is 98.1 Å². The highest BCUT2D eigenvalue weighted by Crippen LogP contribution is 2.34. The van der Waals surface area contributed by atoms with Crippen LogP contribution in [0.25, 0.3) is 0 Å². The van der Waals surface area contributed by atoms with Gasteiger partial charge in [-0.05, 0) is 60.5 Å². The Balaban J connectivity index is 1.38. The number of carbonyl (C=O) groups excluding carboxylic acids is 3. The number of methoxy groups -OCH3 is 2. The predicted molar refractivity (Wildman–Crippen MR) is 163 cm³/mol. The third-order valence-electron chi connectivity index (χ3n) is 6.23. The SMILES string of the molecule is COC(=O)C1=C(C)NC(=O)N[C@@H]1c1ccc(OCC(=O)N/N=C\c2cc(Br)ccc2OCc2ccc(Cl)cc2)c(OC)c1. The predicted octanol–water partition coefficient (Wildman–Crippen LogP) is 5.02. The lowest BCUT2D eigenvalue weighted by Crippen LogP contribution is -2.45. The highest BCUT2D eigenvalue weighted by atomic mass is 79.9. The second-order valence-electron chi connectivity index (χ2n) is 9.15. The molecule has 0 fully saturated rings. The van der Waals surface area contributed by atoms with E-state index in [0.717, 1.165) is 10.0 Å². The quantitative estimate of drug-likeness (QED) is 0.148. The van der Waals surface area contributed by atoms with Crippen molar-refractivity contribution in [2.45, 2.75) is 19.6 Å². The van der Waals surface area contributed by atoms with Crippen molar-refractivity contribution in [1.29, 1.82) is 0 Å². The van der Waals surface area contributed by atoms with Crippen LogP contribution in [0, 0.1) is 0 Å². The van der Waals surface area contributed by atoms with E-state index in [1.54, 1.807) is 43.3 Å². The van der Waals surface area contributed by atoms with Gasteiger partial charge in [0.1, 0.15) is 12.4 Å². The van der Waals surface area contributed by atoms with Crippen LogP contribution >= 0.6 is 27.5 Å². The molecule has 224 valence electrons. The number of ether oxygens (including phenoxy) is 4. The number of esters is 1. The van der Waals surface area contributed by atoms with Gasteiger partial charge in [0.25, 0.3) is 5.91 Å². The van der Waals surface area contributed by atoms with Crippen LogP contribution in [-0.2, 0) is 20.9 Å². The first kappa shape index (κ1) is 31.4. The topological polar surface area (TPSA) is 137 Å². The van der Waals surface area contributed by atoms with E-state index in [1.807, 2.05) is 24.3 Å². The van der Waals surface area contributed by atoms with Gasteiger partial charge >= 0.3 is 12.0 Å². The molecule has 0 aliphatic carbocycles. The number of halogens is 2. The highest BCUT2D eigenvalue weighted by Gasteiger charge is 2.32. The van der Waals surface area contributed by atoms with Crippen molar-refractivity contribution in [1.82, 2.24) is 16.1 Å². The lowest BCUT2D eigenvalue weighted by Gasteiger charge is -2.28. The first-order valence-electron chi connectivity index (χ1n) is 12.8. The van der Waals surface area contributed by atoms with Crippen molar-refractivity contribution in [3.8, 4) is 17.2 Å². The molecule has 3 aromatic carbocycles. The van der Waals surface area contributed by atoms with Crippen molar-refractivity contribution in [3.63, 3.8) is 0 Å². The Morgan fingerprint density at radius 1 is 1.02 bits per heavy atom. The van der Waals surface area contributed by atoms with Crippen LogP contribution in [0.15, 0.2) is 81.5 Å². The van der Waals surface area contributed by atoms with Gasteiger partial charge in [0.15, 0.2) is 18.1 Å². The summed E-state index contributed by atoms with van der Waals surface area (Å²) < 4.78 is 22.7. The zero-order valence-electron chi connectivity index (χ0n) is 23.4. The summed E-state index contributed by atoms with van der Waals surface area (Å²) in [6, 6.07) is 16.4. The van der Waals surface area contributed by atoms with Crippen LogP contribution in [0.2, 0.25) is 5.02 Å². The van der Waals surface area contributed by atoms with E-state index in [4.69, 9.17) is 30.5 Å². The summed E-state index contributed by atoms with van der Waals surface area (Å²) in [6.45, 7) is 1.58. The molecular weight excluding hydrogens is 644 g/mol. The summed E-state index contributed by atoms with van der Waals surface area (Å²) in [7, 11) is 2.70. The Labute approximate surface area is 261 Å². The summed E-state index contributed by atoms with van der Waals surface area (Å²) in [5, 5.41) is 9.96. The number of nitrogens with one attached hydrogen (secondary N) is 3. The Morgan fingerprint density at radius 3 is 2.49 bits per heavy atom. The molecule has 1 aliphatic rings. The number of nitrogens with zero attached hydrogens (tertiary/aromatic N) is 1. The largest absolute Gasteiger partial charge is 0.493 e. The summed E-state index contributed by atoms with van der Waals surface area (Å²) in [6.07, 6.45) is 1.47. The molecule has 1 heterocycles. The molecule has 3 aromatic rings. The molecule has 4 rings (SSSR count). The molecule has 0 bridgehead atoms. The number of amides is 3. The van der Waals surface area contributed by atoms with Gasteiger partial charge in [-0.3, -0.25) is 4.79 Å². The molecular formula is C30H28BrClN4O7. The summed E-state index contributed by atoms with van der Waals surface area (Å²) >= 11 is 9.38. The maximum absolute atomic E-state index is 12.5. The molecule has 1 aliphatic heterocycles. The lowest BCUT2D eigenvalue weighted by atomic mass is 9.95. The van der Waals surface area contributed by atoms with E-state index in [-0.39, 0.29) is 17.9 Å². The monoisotopic (exact) mass is 670 g/mol. The van der Waals surface area contributed by atoms with E-state index in [9.17, 15) is 14.4 Å². The second-order valence-corrected chi connectivity index (χ2v) is 10.5. The lowest BCUT2D eigenvalue weighted by molar-refractivity contribution is -0.136. The minimum atomic E-state index is -0.778. The molecule has 43 heavy (non-hydrogen) atoms. The van der Waals surface area contributed by atoms with E-state index in [1.165, 1.54) is 20.4 Å². The molecule has 3 N–H and O–H groups in total. The number of hydrogen-bond acceptors (Lipinski definition) is 8. The van der Waals surface area contributed by atoms with E-state index >= 15 is 0 Å². The first-order chi connectivity index (χ1) is 20.7. The average molecular weight is 672 g/mol. The van der Waals surface area contributed by atoms with Gasteiger partial charge in [0.2, 0.25) is 0 Å². The molecule has 0 unspecified atom stereocenters. The Kier molecular flexibility index (Phi) is 10.6. The van der Waals surface area contributed by atoms with Crippen molar-refractivity contribution < 1.29 is 33.3 Å². The highest BCUT2D eigenvalue weighted by molar-refractivity contribution is 9.10. The number of allylic oxidation sites excluding steroid dienone is 1. The second kappa shape index (κ2) is 14.6. The molecule has 3 amide bonds. The fourth-order valence-electron chi connectivity index (χ4n) is 4.15. The molecule has 13 heteroatoms. The van der Waals surface area contributed by atoms with Crippen LogP contribution in [0.5, 0.6) is 17.2 Å². The van der Waals surface area contributed by atoms with Crippen LogP contribution in [0.4, 0.5) is 4.79 Å². The fraction of sp³-hybridized carbons (Fsp3) is 0.200. The van der Waals surface area contributed by atoms with Gasteiger partial charge in [-0.1, -0.05) is 45.7 Å². The maximum atomic E-state index is 12.5. The first-order valence-corrected chi connectivity index (χ1v) is 14.0. The van der Waals surface area contributed by atoms with Crippen LogP contribution in [0.1, 0.15) is 29.7 Å². The molecule has 11 nitrogen and oxygen atoms in total. The normalized spacial score (nSPS) is 14.5. The number of hydrazone groups is 1. The summed E-state index contributed by atoms with van der Waals surface area (Å²) in [5.41, 5.74) is 5.19. The average Bonchev–Trinajstić information content (AvgIpc) is 2.99. The maximum Gasteiger partial charge on any atom is 0.337 e. The number of urea groups is 1. The molecule has 0 saturated heterocycles. The van der Waals surface area contributed by atoms with Crippen LogP contribution in [-0.4, -0.2) is 44.9 Å². The van der Waals surface area contributed by atoms with Crippen molar-refractivity contribution >= 4 is 51.7 Å². The molecule has 0 saturated carbocycles. The van der Waals surface area contributed by atoms with Gasteiger partial charge in [0, 0.05) is 20.8 Å². The molecule has 0 spiro atoms. The van der Waals surface area contributed by atoms with Crippen LogP contribution in [0.3, 0.4) is 0 Å². The Hall–Kier alpha value is -4.55. The number of rotatable bonds is 11. The van der Waals surface area contributed by atoms with Gasteiger partial charge < -0.3 is 29.6 Å². The van der Waals surface area contributed by atoms with Crippen molar-refractivity contribution in [2.24, 2.45) is 5.10 Å². The molecule has 0 radical (unpaired) electrons. The van der Waals surface area contributed by atoms with E-state index in [2.05, 4.69) is 37.1 Å². The van der Waals surface area contributed by atoms with Crippen molar-refractivity contribution in [2.75, 3.05) is 20.8 Å². The third kappa shape index (κ3) is 8.27. The minimum absolute atomic E-state index is 0.249. The summed E-state index contributed by atoms with van der Waals surface area (Å²) in [4.78, 5) is 37.0. The van der Waals surface area contributed by atoms with Gasteiger partial charge in [-0.25, -0.2) is 15.0 Å². The molecule has 0 aromatic heterocycles. The minimum Gasteiger partial charge on any atom is -0.493 e. The number of benzene rings is 3. The van der Waals surface area contributed by atoms with Gasteiger partial charge in [-0.2, -0.15) is 5.10 Å². The zero-order valence-corrected chi connectivity index (χ0v) is 25.7. The molecule has 1 atom stereocenters. The van der Waals surface area contributed by atoms with Gasteiger partial charge in [-0.15, -0.1) is 0 Å². The Bertz CT molecular complexity index is 1580. The van der Waals surface area contributed by atoms with E-state index < -0.39 is 23.9 Å². The number of hydrogen-bond donors (Lipinski definition) is 3.